The van der Waals surface area contributed by atoms with Gasteiger partial charge in [0.25, 0.3) is 5.91 Å². The lowest BCUT2D eigenvalue weighted by atomic mass is 10.1. The van der Waals surface area contributed by atoms with Crippen LogP contribution in [0.15, 0.2) is 66.2 Å². The molecule has 0 radical (unpaired) electrons. The molecule has 4 aromatic rings. The summed E-state index contributed by atoms with van der Waals surface area (Å²) < 4.78 is 7.88. The molecule has 158 valence electrons. The Morgan fingerprint density at radius 3 is 2.61 bits per heavy atom. The van der Waals surface area contributed by atoms with Gasteiger partial charge in [0.05, 0.1) is 39.7 Å². The van der Waals surface area contributed by atoms with Crippen LogP contribution in [-0.4, -0.2) is 45.5 Å². The van der Waals surface area contributed by atoms with E-state index < -0.39 is 0 Å². The van der Waals surface area contributed by atoms with Gasteiger partial charge < -0.3 is 14.0 Å². The molecule has 3 aromatic heterocycles. The number of aromatic nitrogens is 2. The number of carbonyl (C=O) groups excluding carboxylic acids is 1. The molecule has 1 aliphatic heterocycles. The van der Waals surface area contributed by atoms with E-state index in [0.717, 1.165) is 33.9 Å². The molecule has 0 unspecified atom stereocenters. The highest BCUT2D eigenvalue weighted by atomic mass is 32.1. The fraction of sp³-hybridized carbons (Fsp3) is 0.280. The van der Waals surface area contributed by atoms with Gasteiger partial charge in [0, 0.05) is 31.1 Å². The number of hydrogen-bond donors (Lipinski definition) is 0. The zero-order chi connectivity index (χ0) is 21.4. The van der Waals surface area contributed by atoms with Crippen molar-refractivity contribution >= 4 is 22.8 Å². The quantitative estimate of drug-likeness (QED) is 0.462. The van der Waals surface area contributed by atoms with Crippen molar-refractivity contribution in [3.05, 3.63) is 82.3 Å². The summed E-state index contributed by atoms with van der Waals surface area (Å²) in [7, 11) is 0. The van der Waals surface area contributed by atoms with Gasteiger partial charge in [0.15, 0.2) is 0 Å². The van der Waals surface area contributed by atoms with Crippen molar-refractivity contribution in [2.45, 2.75) is 32.5 Å². The lowest BCUT2D eigenvalue weighted by Crippen LogP contribution is -2.48. The summed E-state index contributed by atoms with van der Waals surface area (Å²) in [6.07, 6.45) is 2.90. The highest BCUT2D eigenvalue weighted by molar-refractivity contribution is 7.10. The maximum Gasteiger partial charge on any atom is 0.256 e. The van der Waals surface area contributed by atoms with Gasteiger partial charge in [-0.3, -0.25) is 4.79 Å². The van der Waals surface area contributed by atoms with Gasteiger partial charge in [0.2, 0.25) is 0 Å². The largest absolute Gasteiger partial charge is 0.372 e. The summed E-state index contributed by atoms with van der Waals surface area (Å²) in [6, 6.07) is 18.3. The molecule has 0 spiro atoms. The Kier molecular flexibility index (Phi) is 5.34. The van der Waals surface area contributed by atoms with Crippen LogP contribution in [0.2, 0.25) is 0 Å². The first kappa shape index (κ1) is 20.0. The molecular weight excluding hydrogens is 406 g/mol. The Labute approximate surface area is 185 Å². The van der Waals surface area contributed by atoms with E-state index in [0.29, 0.717) is 13.1 Å². The normalized spacial score (nSPS) is 19.1. The second kappa shape index (κ2) is 8.29. The lowest BCUT2D eigenvalue weighted by Gasteiger charge is -2.35. The topological polar surface area (TPSA) is 46.8 Å². The van der Waals surface area contributed by atoms with Crippen LogP contribution in [0.5, 0.6) is 0 Å². The van der Waals surface area contributed by atoms with E-state index in [1.54, 1.807) is 11.3 Å². The average Bonchev–Trinajstić information content (AvgIpc) is 3.38. The molecule has 1 amide bonds. The summed E-state index contributed by atoms with van der Waals surface area (Å²) in [5.41, 5.74) is 4.72. The predicted molar refractivity (Wildman–Crippen MR) is 124 cm³/mol. The van der Waals surface area contributed by atoms with Crippen LogP contribution >= 0.6 is 11.3 Å². The van der Waals surface area contributed by atoms with Gasteiger partial charge in [-0.15, -0.1) is 11.3 Å². The Balaban J connectivity index is 1.49. The minimum atomic E-state index is 0.0418. The summed E-state index contributed by atoms with van der Waals surface area (Å²) in [4.78, 5) is 20.2. The van der Waals surface area contributed by atoms with Gasteiger partial charge in [-0.05, 0) is 37.6 Å². The number of rotatable bonds is 4. The maximum absolute atomic E-state index is 13.4. The van der Waals surface area contributed by atoms with Crippen LogP contribution in [0.3, 0.4) is 0 Å². The molecule has 1 fully saturated rings. The molecular formula is C25H25N3O2S. The van der Waals surface area contributed by atoms with Crippen LogP contribution in [0.4, 0.5) is 0 Å². The smallest absolute Gasteiger partial charge is 0.256 e. The highest BCUT2D eigenvalue weighted by Crippen LogP contribution is 2.29. The van der Waals surface area contributed by atoms with Crippen LogP contribution in [0, 0.1) is 0 Å². The van der Waals surface area contributed by atoms with Crippen molar-refractivity contribution in [3.8, 4) is 11.4 Å². The number of morpholine rings is 1. The van der Waals surface area contributed by atoms with Crippen molar-refractivity contribution in [3.63, 3.8) is 0 Å². The molecule has 1 aromatic carbocycles. The van der Waals surface area contributed by atoms with E-state index in [-0.39, 0.29) is 18.1 Å². The molecule has 0 N–H and O–H groups in total. The number of amides is 1. The SMILES string of the molecule is C[C@H]1CN(C(=O)c2cc(-c3csc(Cc4ccccc4)n3)n3ccccc23)C[C@H](C)O1. The maximum atomic E-state index is 13.4. The van der Waals surface area contributed by atoms with Crippen LogP contribution in [-0.2, 0) is 11.2 Å². The monoisotopic (exact) mass is 431 g/mol. The predicted octanol–water partition coefficient (Wildman–Crippen LogP) is 4.90. The van der Waals surface area contributed by atoms with Crippen molar-refractivity contribution in [2.75, 3.05) is 13.1 Å². The van der Waals surface area contributed by atoms with E-state index >= 15 is 0 Å². The van der Waals surface area contributed by atoms with Gasteiger partial charge in [-0.1, -0.05) is 36.4 Å². The van der Waals surface area contributed by atoms with Gasteiger partial charge >= 0.3 is 0 Å². The van der Waals surface area contributed by atoms with E-state index in [1.807, 2.05) is 55.3 Å². The minimum Gasteiger partial charge on any atom is -0.372 e. The van der Waals surface area contributed by atoms with Gasteiger partial charge in [0.1, 0.15) is 0 Å². The number of benzene rings is 1. The molecule has 6 heteroatoms. The van der Waals surface area contributed by atoms with Crippen molar-refractivity contribution in [1.82, 2.24) is 14.3 Å². The Bertz CT molecular complexity index is 1200. The van der Waals surface area contributed by atoms with E-state index in [9.17, 15) is 4.79 Å². The number of hydrogen-bond acceptors (Lipinski definition) is 4. The molecule has 31 heavy (non-hydrogen) atoms. The summed E-state index contributed by atoms with van der Waals surface area (Å²) >= 11 is 1.66. The Morgan fingerprint density at radius 1 is 1.10 bits per heavy atom. The molecule has 0 bridgehead atoms. The summed E-state index contributed by atoms with van der Waals surface area (Å²) in [6.45, 7) is 5.26. The van der Waals surface area contributed by atoms with Crippen molar-refractivity contribution < 1.29 is 9.53 Å². The molecule has 5 rings (SSSR count). The molecule has 2 atom stereocenters. The zero-order valence-electron chi connectivity index (χ0n) is 17.7. The fourth-order valence-electron chi connectivity index (χ4n) is 4.32. The van der Waals surface area contributed by atoms with E-state index in [1.165, 1.54) is 5.56 Å². The summed E-state index contributed by atoms with van der Waals surface area (Å²) in [5.74, 6) is 0.0525. The van der Waals surface area contributed by atoms with Crippen molar-refractivity contribution in [1.29, 1.82) is 0 Å². The second-order valence-corrected chi connectivity index (χ2v) is 9.10. The van der Waals surface area contributed by atoms with Gasteiger partial charge in [-0.25, -0.2) is 4.98 Å². The number of pyridine rings is 1. The standard InChI is InChI=1S/C25H25N3O2S/c1-17-14-27(15-18(2)30-17)25(29)20-13-23(28-11-7-6-10-22(20)28)21-16-31-24(26-21)12-19-8-4-3-5-9-19/h3-11,13,16-18H,12,14-15H2,1-2H3/t17-,18-/m0/s1. The molecule has 1 aliphatic rings. The first-order valence-corrected chi connectivity index (χ1v) is 11.5. The van der Waals surface area contributed by atoms with Crippen LogP contribution < -0.4 is 0 Å². The average molecular weight is 432 g/mol. The molecule has 4 heterocycles. The third-order valence-electron chi connectivity index (χ3n) is 5.63. The van der Waals surface area contributed by atoms with Crippen LogP contribution in [0.1, 0.15) is 34.8 Å². The first-order valence-electron chi connectivity index (χ1n) is 10.6. The summed E-state index contributed by atoms with van der Waals surface area (Å²) in [5, 5.41) is 3.15. The van der Waals surface area contributed by atoms with E-state index in [2.05, 4.69) is 34.0 Å². The Hall–Kier alpha value is -2.96. The zero-order valence-corrected chi connectivity index (χ0v) is 18.5. The number of carbonyl (C=O) groups is 1. The molecule has 5 nitrogen and oxygen atoms in total. The highest BCUT2D eigenvalue weighted by Gasteiger charge is 2.29. The third kappa shape index (κ3) is 4.01. The lowest BCUT2D eigenvalue weighted by molar-refractivity contribution is -0.0585. The minimum absolute atomic E-state index is 0.0418. The van der Waals surface area contributed by atoms with E-state index in [4.69, 9.17) is 9.72 Å². The van der Waals surface area contributed by atoms with Crippen LogP contribution in [0.25, 0.3) is 16.9 Å². The fourth-order valence-corrected chi connectivity index (χ4v) is 5.14. The van der Waals surface area contributed by atoms with Gasteiger partial charge in [-0.2, -0.15) is 0 Å². The number of nitrogens with zero attached hydrogens (tertiary/aromatic N) is 3. The molecule has 1 saturated heterocycles. The number of fused-ring (bicyclic) bond motifs is 1. The first-order chi connectivity index (χ1) is 15.1. The third-order valence-corrected chi connectivity index (χ3v) is 6.47. The van der Waals surface area contributed by atoms with Crippen molar-refractivity contribution in [2.24, 2.45) is 0 Å². The number of thiazole rings is 1. The molecule has 0 aliphatic carbocycles. The number of ether oxygens (including phenoxy) is 1. The molecule has 0 saturated carbocycles. The second-order valence-electron chi connectivity index (χ2n) is 8.16. The Morgan fingerprint density at radius 2 is 1.84 bits per heavy atom.